The number of cyclic esters (lactones) is 1. The second-order valence-electron chi connectivity index (χ2n) is 10.8. The molecule has 34 heavy (non-hydrogen) atoms. The fraction of sp³-hybridized carbons (Fsp3) is 0.679. The third kappa shape index (κ3) is 7.61. The highest BCUT2D eigenvalue weighted by molar-refractivity contribution is 7.09. The maximum atomic E-state index is 13.3. The molecule has 1 aliphatic rings. The van der Waals surface area contributed by atoms with E-state index in [4.69, 9.17) is 4.74 Å². The Morgan fingerprint density at radius 3 is 2.53 bits per heavy atom. The molecule has 1 aromatic rings. The van der Waals surface area contributed by atoms with E-state index in [-0.39, 0.29) is 24.0 Å². The average molecular weight is 490 g/mol. The van der Waals surface area contributed by atoms with Crippen molar-refractivity contribution in [1.29, 1.82) is 0 Å². The van der Waals surface area contributed by atoms with Crippen LogP contribution in [0.1, 0.15) is 91.3 Å². The number of carbonyl (C=O) groups excluding carboxylic acids is 2. The highest BCUT2D eigenvalue weighted by Crippen LogP contribution is 2.35. The van der Waals surface area contributed by atoms with Crippen molar-refractivity contribution in [2.24, 2.45) is 23.2 Å². The molecule has 1 aromatic heterocycles. The largest absolute Gasteiger partial charge is 0.457 e. The number of rotatable bonds is 2. The minimum Gasteiger partial charge on any atom is -0.457 e. The second kappa shape index (κ2) is 12.3. The van der Waals surface area contributed by atoms with Crippen molar-refractivity contribution < 1.29 is 19.4 Å². The molecule has 0 aromatic carbocycles. The van der Waals surface area contributed by atoms with Gasteiger partial charge in [-0.3, -0.25) is 9.59 Å². The van der Waals surface area contributed by atoms with Crippen LogP contribution in [0.2, 0.25) is 0 Å². The van der Waals surface area contributed by atoms with Crippen LogP contribution in [-0.4, -0.2) is 34.1 Å². The Balaban J connectivity index is 2.33. The summed E-state index contributed by atoms with van der Waals surface area (Å²) in [7, 11) is 0. The number of aliphatic hydroxyl groups is 1. The SMILES string of the molecule is CC1=CCC(C(C)=Cc2csc(C)n2)OC(=O)C[C@H](O)C(C)(C)C(=O)[C@H](C)[C@@H](C)[C@@H](C)CCC1. The molecule has 0 aliphatic carbocycles. The number of Topliss-reactive ketones (excluding diaryl/α,β-unsaturated/α-hetero) is 1. The molecule has 0 bridgehead atoms. The number of hydrogen-bond acceptors (Lipinski definition) is 6. The summed E-state index contributed by atoms with van der Waals surface area (Å²) in [5.41, 5.74) is 2.01. The van der Waals surface area contributed by atoms with Crippen molar-refractivity contribution in [3.05, 3.63) is 33.3 Å². The summed E-state index contributed by atoms with van der Waals surface area (Å²) in [6, 6.07) is 0. The van der Waals surface area contributed by atoms with E-state index < -0.39 is 23.6 Å². The van der Waals surface area contributed by atoms with Gasteiger partial charge in [-0.05, 0) is 57.1 Å². The number of aromatic nitrogens is 1. The standard InChI is InChI=1S/C28H43NO4S/c1-17-10-9-11-18(2)20(4)21(5)27(32)28(7,8)25(30)15-26(31)33-24(13-12-17)19(3)14-23-16-34-22(6)29-23/h12,14,16,18,20-21,24-25,30H,9-11,13,15H2,1-8H3/t18-,20-,21+,24?,25-/m0/s1. The molecular weight excluding hydrogens is 446 g/mol. The van der Waals surface area contributed by atoms with Crippen molar-refractivity contribution in [3.63, 3.8) is 0 Å². The maximum Gasteiger partial charge on any atom is 0.309 e. The van der Waals surface area contributed by atoms with Crippen molar-refractivity contribution >= 4 is 29.2 Å². The number of allylic oxidation sites excluding steroid dienone is 1. The third-order valence-corrected chi connectivity index (χ3v) is 8.42. The van der Waals surface area contributed by atoms with Gasteiger partial charge in [0, 0.05) is 17.7 Å². The molecule has 2 heterocycles. The Kier molecular flexibility index (Phi) is 10.3. The van der Waals surface area contributed by atoms with Gasteiger partial charge in [-0.25, -0.2) is 4.98 Å². The second-order valence-corrected chi connectivity index (χ2v) is 11.8. The van der Waals surface area contributed by atoms with Gasteiger partial charge in [0.2, 0.25) is 0 Å². The Hall–Kier alpha value is -1.79. The van der Waals surface area contributed by atoms with Crippen LogP contribution in [0.25, 0.3) is 6.08 Å². The lowest BCUT2D eigenvalue weighted by atomic mass is 9.70. The molecule has 5 atom stereocenters. The number of esters is 1. The normalized spacial score (nSPS) is 30.6. The average Bonchev–Trinajstić information content (AvgIpc) is 3.18. The number of hydrogen-bond donors (Lipinski definition) is 1. The fourth-order valence-corrected chi connectivity index (χ4v) is 5.15. The first-order valence-electron chi connectivity index (χ1n) is 12.5. The van der Waals surface area contributed by atoms with Crippen molar-refractivity contribution in [2.75, 3.05) is 0 Å². The Labute approximate surface area is 209 Å². The van der Waals surface area contributed by atoms with Gasteiger partial charge in [0.25, 0.3) is 0 Å². The molecule has 1 unspecified atom stereocenters. The number of thiazole rings is 1. The lowest BCUT2D eigenvalue weighted by molar-refractivity contribution is -0.153. The summed E-state index contributed by atoms with van der Waals surface area (Å²) in [5, 5.41) is 13.9. The molecule has 0 radical (unpaired) electrons. The number of carbonyl (C=O) groups is 2. The molecule has 0 saturated heterocycles. The van der Waals surface area contributed by atoms with E-state index in [9.17, 15) is 14.7 Å². The first-order valence-corrected chi connectivity index (χ1v) is 13.4. The lowest BCUT2D eigenvalue weighted by Gasteiger charge is -2.35. The molecule has 5 nitrogen and oxygen atoms in total. The van der Waals surface area contributed by atoms with E-state index in [0.717, 1.165) is 35.5 Å². The zero-order valence-corrected chi connectivity index (χ0v) is 23.0. The van der Waals surface area contributed by atoms with Crippen molar-refractivity contribution in [2.45, 2.75) is 99.7 Å². The molecule has 2 rings (SSSR count). The summed E-state index contributed by atoms with van der Waals surface area (Å²) in [4.78, 5) is 30.7. The summed E-state index contributed by atoms with van der Waals surface area (Å²) >= 11 is 1.58. The quantitative estimate of drug-likeness (QED) is 0.377. The van der Waals surface area contributed by atoms with Gasteiger partial charge in [0.15, 0.2) is 0 Å². The highest BCUT2D eigenvalue weighted by atomic mass is 32.1. The zero-order chi connectivity index (χ0) is 25.6. The summed E-state index contributed by atoms with van der Waals surface area (Å²) in [6.07, 6.45) is 6.02. The van der Waals surface area contributed by atoms with E-state index in [1.165, 1.54) is 5.57 Å². The maximum absolute atomic E-state index is 13.3. The van der Waals surface area contributed by atoms with E-state index >= 15 is 0 Å². The zero-order valence-electron chi connectivity index (χ0n) is 22.2. The predicted molar refractivity (Wildman–Crippen MR) is 140 cm³/mol. The van der Waals surface area contributed by atoms with Gasteiger partial charge < -0.3 is 9.84 Å². The molecule has 6 heteroatoms. The van der Waals surface area contributed by atoms with E-state index in [1.807, 2.05) is 32.2 Å². The molecule has 190 valence electrons. The minimum atomic E-state index is -1.10. The Morgan fingerprint density at radius 2 is 1.91 bits per heavy atom. The Morgan fingerprint density at radius 1 is 1.24 bits per heavy atom. The van der Waals surface area contributed by atoms with Gasteiger partial charge in [-0.2, -0.15) is 0 Å². The van der Waals surface area contributed by atoms with Crippen LogP contribution in [0.5, 0.6) is 0 Å². The van der Waals surface area contributed by atoms with E-state index in [2.05, 4.69) is 31.8 Å². The van der Waals surface area contributed by atoms with Crippen LogP contribution in [-0.2, 0) is 14.3 Å². The van der Waals surface area contributed by atoms with E-state index in [1.54, 1.807) is 25.2 Å². The van der Waals surface area contributed by atoms with Crippen LogP contribution in [0, 0.1) is 30.1 Å². The van der Waals surface area contributed by atoms with Crippen LogP contribution in [0.3, 0.4) is 0 Å². The van der Waals surface area contributed by atoms with E-state index in [0.29, 0.717) is 12.3 Å². The van der Waals surface area contributed by atoms with Gasteiger partial charge in [0.1, 0.15) is 11.9 Å². The van der Waals surface area contributed by atoms with Gasteiger partial charge in [-0.1, -0.05) is 52.7 Å². The molecular formula is C28H43NO4S. The molecule has 1 N–H and O–H groups in total. The molecule has 0 fully saturated rings. The summed E-state index contributed by atoms with van der Waals surface area (Å²) in [6.45, 7) is 15.8. The van der Waals surface area contributed by atoms with Crippen LogP contribution in [0.15, 0.2) is 22.6 Å². The van der Waals surface area contributed by atoms with Crippen LogP contribution >= 0.6 is 11.3 Å². The number of aliphatic hydroxyl groups excluding tert-OH is 1. The summed E-state index contributed by atoms with van der Waals surface area (Å²) < 4.78 is 5.86. The number of ketones is 1. The summed E-state index contributed by atoms with van der Waals surface area (Å²) in [5.74, 6) is -0.0824. The monoisotopic (exact) mass is 489 g/mol. The van der Waals surface area contributed by atoms with Gasteiger partial charge in [-0.15, -0.1) is 11.3 Å². The highest BCUT2D eigenvalue weighted by Gasteiger charge is 2.41. The Bertz CT molecular complexity index is 913. The first-order chi connectivity index (χ1) is 15.8. The number of ether oxygens (including phenoxy) is 1. The smallest absolute Gasteiger partial charge is 0.309 e. The predicted octanol–water partition coefficient (Wildman–Crippen LogP) is 6.54. The number of aryl methyl sites for hydroxylation is 1. The first kappa shape index (κ1) is 28.4. The van der Waals surface area contributed by atoms with Crippen LogP contribution < -0.4 is 0 Å². The van der Waals surface area contributed by atoms with Crippen LogP contribution in [0.4, 0.5) is 0 Å². The van der Waals surface area contributed by atoms with Gasteiger partial charge >= 0.3 is 5.97 Å². The lowest BCUT2D eigenvalue weighted by Crippen LogP contribution is -2.44. The topological polar surface area (TPSA) is 76.5 Å². The number of nitrogens with zero attached hydrogens (tertiary/aromatic N) is 1. The van der Waals surface area contributed by atoms with Crippen molar-refractivity contribution in [3.8, 4) is 0 Å². The molecule has 0 spiro atoms. The molecule has 1 aliphatic heterocycles. The van der Waals surface area contributed by atoms with Crippen molar-refractivity contribution in [1.82, 2.24) is 4.98 Å². The fourth-order valence-electron chi connectivity index (χ4n) is 4.58. The minimum absolute atomic E-state index is 0.00171. The third-order valence-electron chi connectivity index (χ3n) is 7.63. The molecule has 0 saturated carbocycles. The van der Waals surface area contributed by atoms with Gasteiger partial charge in [0.05, 0.1) is 28.6 Å². The molecule has 0 amide bonds.